The highest BCUT2D eigenvalue weighted by Crippen LogP contribution is 2.25. The SMILES string of the molecule is CCNC(C)c1csc(N2CCCS(=O)(=O)CC2)n1. The number of hydrogen-bond donors (Lipinski definition) is 1. The Balaban J connectivity index is 2.06. The molecule has 0 aromatic carbocycles. The molecular formula is C12H21N3O2S2. The number of nitrogens with one attached hydrogen (secondary N) is 1. The van der Waals surface area contributed by atoms with Crippen molar-refractivity contribution in [3.05, 3.63) is 11.1 Å². The summed E-state index contributed by atoms with van der Waals surface area (Å²) >= 11 is 1.60. The summed E-state index contributed by atoms with van der Waals surface area (Å²) in [6.07, 6.45) is 0.694. The van der Waals surface area contributed by atoms with Crippen molar-refractivity contribution < 1.29 is 8.42 Å². The lowest BCUT2D eigenvalue weighted by Gasteiger charge is -2.18. The van der Waals surface area contributed by atoms with Crippen LogP contribution in [0.5, 0.6) is 0 Å². The minimum atomic E-state index is -2.86. The van der Waals surface area contributed by atoms with E-state index in [4.69, 9.17) is 0 Å². The lowest BCUT2D eigenvalue weighted by molar-refractivity contribution is 0.585. The van der Waals surface area contributed by atoms with Crippen molar-refractivity contribution in [3.8, 4) is 0 Å². The highest BCUT2D eigenvalue weighted by molar-refractivity contribution is 7.91. The van der Waals surface area contributed by atoms with Crippen LogP contribution in [0, 0.1) is 0 Å². The molecule has 0 radical (unpaired) electrons. The van der Waals surface area contributed by atoms with Gasteiger partial charge in [-0.15, -0.1) is 11.3 Å². The number of thiazole rings is 1. The van der Waals surface area contributed by atoms with E-state index in [1.54, 1.807) is 11.3 Å². The van der Waals surface area contributed by atoms with Crippen LogP contribution in [0.2, 0.25) is 0 Å². The van der Waals surface area contributed by atoms with Gasteiger partial charge in [0.25, 0.3) is 0 Å². The van der Waals surface area contributed by atoms with E-state index < -0.39 is 9.84 Å². The van der Waals surface area contributed by atoms with Crippen molar-refractivity contribution in [2.24, 2.45) is 0 Å². The molecule has 0 amide bonds. The van der Waals surface area contributed by atoms with Crippen LogP contribution >= 0.6 is 11.3 Å². The van der Waals surface area contributed by atoms with Gasteiger partial charge in [0.05, 0.1) is 17.2 Å². The van der Waals surface area contributed by atoms with Gasteiger partial charge >= 0.3 is 0 Å². The topological polar surface area (TPSA) is 62.3 Å². The van der Waals surface area contributed by atoms with Crippen LogP contribution in [-0.2, 0) is 9.84 Å². The standard InChI is InChI=1S/C12H21N3O2S2/c1-3-13-10(2)11-9-18-12(14-11)15-5-4-7-19(16,17)8-6-15/h9-10,13H,3-8H2,1-2H3. The molecule has 108 valence electrons. The van der Waals surface area contributed by atoms with Crippen LogP contribution in [0.1, 0.15) is 32.0 Å². The zero-order valence-electron chi connectivity index (χ0n) is 11.4. The van der Waals surface area contributed by atoms with Gasteiger partial charge in [-0.1, -0.05) is 6.92 Å². The molecule has 0 bridgehead atoms. The predicted molar refractivity (Wildman–Crippen MR) is 79.7 cm³/mol. The molecule has 1 atom stereocenters. The summed E-state index contributed by atoms with van der Waals surface area (Å²) in [4.78, 5) is 6.72. The number of nitrogens with zero attached hydrogens (tertiary/aromatic N) is 2. The molecule has 1 aliphatic heterocycles. The fourth-order valence-corrected chi connectivity index (χ4v) is 4.41. The molecule has 1 aliphatic rings. The molecule has 2 heterocycles. The average Bonchev–Trinajstić information content (AvgIpc) is 2.76. The van der Waals surface area contributed by atoms with Gasteiger partial charge in [-0.3, -0.25) is 0 Å². The first-order valence-electron chi connectivity index (χ1n) is 6.66. The molecule has 5 nitrogen and oxygen atoms in total. The fourth-order valence-electron chi connectivity index (χ4n) is 2.16. The van der Waals surface area contributed by atoms with Crippen LogP contribution in [0.4, 0.5) is 5.13 Å². The van der Waals surface area contributed by atoms with E-state index in [1.807, 2.05) is 0 Å². The second-order valence-corrected chi connectivity index (χ2v) is 7.97. The fraction of sp³-hybridized carbons (Fsp3) is 0.750. The van der Waals surface area contributed by atoms with E-state index in [2.05, 4.69) is 34.4 Å². The maximum absolute atomic E-state index is 11.6. The van der Waals surface area contributed by atoms with Crippen molar-refractivity contribution in [3.63, 3.8) is 0 Å². The summed E-state index contributed by atoms with van der Waals surface area (Å²) in [6, 6.07) is 0.241. The number of sulfone groups is 1. The molecule has 1 aromatic rings. The van der Waals surface area contributed by atoms with Crippen molar-refractivity contribution in [2.75, 3.05) is 36.0 Å². The minimum Gasteiger partial charge on any atom is -0.347 e. The number of anilines is 1. The van der Waals surface area contributed by atoms with Crippen molar-refractivity contribution in [1.82, 2.24) is 10.3 Å². The van der Waals surface area contributed by atoms with E-state index in [-0.39, 0.29) is 11.8 Å². The van der Waals surface area contributed by atoms with Crippen molar-refractivity contribution >= 4 is 26.3 Å². The third-order valence-electron chi connectivity index (χ3n) is 3.29. The van der Waals surface area contributed by atoms with Crippen molar-refractivity contribution in [2.45, 2.75) is 26.3 Å². The Morgan fingerprint density at radius 2 is 2.26 bits per heavy atom. The summed E-state index contributed by atoms with van der Waals surface area (Å²) < 4.78 is 23.2. The summed E-state index contributed by atoms with van der Waals surface area (Å²) in [6.45, 7) is 6.42. The Labute approximate surface area is 119 Å². The van der Waals surface area contributed by atoms with Crippen LogP contribution in [0.3, 0.4) is 0 Å². The molecule has 1 aromatic heterocycles. The monoisotopic (exact) mass is 303 g/mol. The Bertz CT molecular complexity index is 513. The Kier molecular flexibility index (Phi) is 4.81. The van der Waals surface area contributed by atoms with Crippen LogP contribution < -0.4 is 10.2 Å². The molecule has 0 spiro atoms. The van der Waals surface area contributed by atoms with Gasteiger partial charge in [0.2, 0.25) is 0 Å². The second-order valence-electron chi connectivity index (χ2n) is 4.83. The Morgan fingerprint density at radius 1 is 1.47 bits per heavy atom. The van der Waals surface area contributed by atoms with Gasteiger partial charge in [-0.2, -0.15) is 0 Å². The maximum atomic E-state index is 11.6. The highest BCUT2D eigenvalue weighted by Gasteiger charge is 2.21. The third-order valence-corrected chi connectivity index (χ3v) is 5.92. The van der Waals surface area contributed by atoms with E-state index in [9.17, 15) is 8.42 Å². The maximum Gasteiger partial charge on any atom is 0.185 e. The molecule has 0 saturated carbocycles. The predicted octanol–water partition coefficient (Wildman–Crippen LogP) is 1.44. The summed E-state index contributed by atoms with van der Waals surface area (Å²) in [5, 5.41) is 6.33. The van der Waals surface area contributed by atoms with Crippen molar-refractivity contribution in [1.29, 1.82) is 0 Å². The van der Waals surface area contributed by atoms with E-state index in [0.29, 0.717) is 18.7 Å². The van der Waals surface area contributed by atoms with Gasteiger partial charge in [0, 0.05) is 24.5 Å². The van der Waals surface area contributed by atoms with Crippen LogP contribution in [0.25, 0.3) is 0 Å². The quantitative estimate of drug-likeness (QED) is 0.912. The van der Waals surface area contributed by atoms with Gasteiger partial charge < -0.3 is 10.2 Å². The molecule has 1 saturated heterocycles. The first-order valence-corrected chi connectivity index (χ1v) is 9.36. The Morgan fingerprint density at radius 3 is 3.00 bits per heavy atom. The van der Waals surface area contributed by atoms with Crippen LogP contribution in [-0.4, -0.2) is 44.5 Å². The molecule has 19 heavy (non-hydrogen) atoms. The largest absolute Gasteiger partial charge is 0.347 e. The molecular weight excluding hydrogens is 282 g/mol. The molecule has 1 N–H and O–H groups in total. The normalized spacial score (nSPS) is 21.1. The number of rotatable bonds is 4. The van der Waals surface area contributed by atoms with Gasteiger partial charge in [-0.05, 0) is 19.9 Å². The highest BCUT2D eigenvalue weighted by atomic mass is 32.2. The molecule has 1 unspecified atom stereocenters. The first kappa shape index (κ1) is 14.7. The summed E-state index contributed by atoms with van der Waals surface area (Å²) in [5.41, 5.74) is 1.04. The lowest BCUT2D eigenvalue weighted by Crippen LogP contribution is -2.26. The lowest BCUT2D eigenvalue weighted by atomic mass is 10.2. The third kappa shape index (κ3) is 3.90. The van der Waals surface area contributed by atoms with E-state index in [1.165, 1.54) is 0 Å². The van der Waals surface area contributed by atoms with Gasteiger partial charge in [0.1, 0.15) is 0 Å². The summed E-state index contributed by atoms with van der Waals surface area (Å²) in [5.74, 6) is 0.542. The second kappa shape index (κ2) is 6.19. The minimum absolute atomic E-state index is 0.241. The molecule has 2 rings (SSSR count). The zero-order valence-corrected chi connectivity index (χ0v) is 13.1. The van der Waals surface area contributed by atoms with Crippen LogP contribution in [0.15, 0.2) is 5.38 Å². The van der Waals surface area contributed by atoms with E-state index >= 15 is 0 Å². The zero-order chi connectivity index (χ0) is 13.9. The molecule has 0 aliphatic carbocycles. The average molecular weight is 303 g/mol. The van der Waals surface area contributed by atoms with E-state index in [0.717, 1.165) is 23.9 Å². The van der Waals surface area contributed by atoms with Gasteiger partial charge in [0.15, 0.2) is 15.0 Å². The Hall–Kier alpha value is -0.660. The number of hydrogen-bond acceptors (Lipinski definition) is 6. The van der Waals surface area contributed by atoms with Gasteiger partial charge in [-0.25, -0.2) is 13.4 Å². The smallest absolute Gasteiger partial charge is 0.185 e. The summed E-state index contributed by atoms with van der Waals surface area (Å²) in [7, 11) is -2.86. The number of aromatic nitrogens is 1. The first-order chi connectivity index (χ1) is 9.02. The molecule has 1 fully saturated rings. The molecule has 7 heteroatoms.